The molecule has 0 spiro atoms. The van der Waals surface area contributed by atoms with Gasteiger partial charge < -0.3 is 20.7 Å². The van der Waals surface area contributed by atoms with Crippen molar-refractivity contribution in [1.82, 2.24) is 19.6 Å². The zero-order valence-corrected chi connectivity index (χ0v) is 22.7. The summed E-state index contributed by atoms with van der Waals surface area (Å²) in [6.07, 6.45) is 6.42. The van der Waals surface area contributed by atoms with Crippen molar-refractivity contribution in [2.75, 3.05) is 12.3 Å². The zero-order chi connectivity index (χ0) is 27.4. The maximum Gasteiger partial charge on any atom is 0.410 e. The first kappa shape index (κ1) is 27.0. The van der Waals surface area contributed by atoms with E-state index in [4.69, 9.17) is 10.5 Å². The van der Waals surface area contributed by atoms with E-state index >= 15 is 0 Å². The van der Waals surface area contributed by atoms with Gasteiger partial charge >= 0.3 is 6.09 Å². The van der Waals surface area contributed by atoms with Gasteiger partial charge in [0.1, 0.15) is 11.2 Å². The van der Waals surface area contributed by atoms with Gasteiger partial charge in [0, 0.05) is 31.0 Å². The number of pyridine rings is 1. The summed E-state index contributed by atoms with van der Waals surface area (Å²) in [6, 6.07) is 12.8. The van der Waals surface area contributed by atoms with Crippen LogP contribution in [0.25, 0.3) is 17.4 Å². The lowest BCUT2D eigenvalue weighted by molar-refractivity contribution is 0.0139. The molecule has 38 heavy (non-hydrogen) atoms. The molecule has 0 bridgehead atoms. The van der Waals surface area contributed by atoms with E-state index in [1.807, 2.05) is 56.9 Å². The Kier molecular flexibility index (Phi) is 7.90. The lowest BCUT2D eigenvalue weighted by atomic mass is 9.94. The SMILES string of the molecule is C=C(NCc1ccc(/C=C(\C)C2CCCCN2C(=O)OC(C)(C)C)c(N)c1)c1cc(=O)n2ccccc2n1. The molecule has 3 N–H and O–H groups in total. The number of hydrogen-bond donors (Lipinski definition) is 2. The number of hydrogen-bond acceptors (Lipinski definition) is 6. The Morgan fingerprint density at radius 3 is 2.76 bits per heavy atom. The first-order valence-electron chi connectivity index (χ1n) is 13.0. The Labute approximate surface area is 223 Å². The normalized spacial score (nSPS) is 16.4. The van der Waals surface area contributed by atoms with E-state index in [1.165, 1.54) is 10.5 Å². The van der Waals surface area contributed by atoms with Crippen molar-refractivity contribution in [3.05, 3.63) is 88.0 Å². The van der Waals surface area contributed by atoms with Gasteiger partial charge in [-0.1, -0.05) is 36.4 Å². The third kappa shape index (κ3) is 6.43. The number of nitrogens with zero attached hydrogens (tertiary/aromatic N) is 3. The van der Waals surface area contributed by atoms with Gasteiger partial charge in [-0.3, -0.25) is 9.20 Å². The van der Waals surface area contributed by atoms with Crippen molar-refractivity contribution >= 4 is 29.2 Å². The van der Waals surface area contributed by atoms with E-state index in [2.05, 4.69) is 23.0 Å². The fourth-order valence-electron chi connectivity index (χ4n) is 4.66. The number of amides is 1. The highest BCUT2D eigenvalue weighted by atomic mass is 16.6. The molecule has 0 radical (unpaired) electrons. The van der Waals surface area contributed by atoms with Crippen LogP contribution < -0.4 is 16.6 Å². The molecular weight excluding hydrogens is 478 g/mol. The van der Waals surface area contributed by atoms with Crippen molar-refractivity contribution in [2.24, 2.45) is 0 Å². The van der Waals surface area contributed by atoms with Crippen molar-refractivity contribution < 1.29 is 9.53 Å². The van der Waals surface area contributed by atoms with Crippen LogP contribution in [0.3, 0.4) is 0 Å². The number of carbonyl (C=O) groups excluding carboxylic acids is 1. The highest BCUT2D eigenvalue weighted by molar-refractivity contribution is 5.71. The van der Waals surface area contributed by atoms with Crippen molar-refractivity contribution in [1.29, 1.82) is 0 Å². The van der Waals surface area contributed by atoms with Gasteiger partial charge in [0.05, 0.1) is 17.4 Å². The Morgan fingerprint density at radius 1 is 1.24 bits per heavy atom. The molecule has 1 aromatic carbocycles. The molecule has 3 aromatic rings. The van der Waals surface area contributed by atoms with Gasteiger partial charge in [0.15, 0.2) is 0 Å². The lowest BCUT2D eigenvalue weighted by Crippen LogP contribution is -2.46. The molecule has 8 heteroatoms. The van der Waals surface area contributed by atoms with Crippen LogP contribution in [0.4, 0.5) is 10.5 Å². The minimum absolute atomic E-state index is 0.0128. The summed E-state index contributed by atoms with van der Waals surface area (Å²) in [5.74, 6) is 0. The molecule has 1 aliphatic rings. The number of aromatic nitrogens is 2. The first-order chi connectivity index (χ1) is 18.0. The number of anilines is 1. The number of nitrogens with one attached hydrogen (secondary N) is 1. The molecular formula is C30H37N5O3. The van der Waals surface area contributed by atoms with Crippen LogP contribution in [-0.4, -0.2) is 38.6 Å². The second kappa shape index (κ2) is 11.1. The van der Waals surface area contributed by atoms with Gasteiger partial charge in [-0.05, 0) is 76.3 Å². The number of nitrogens with two attached hydrogens (primary N) is 1. The van der Waals surface area contributed by atoms with Crippen LogP contribution in [-0.2, 0) is 11.3 Å². The van der Waals surface area contributed by atoms with Crippen molar-refractivity contribution in [3.8, 4) is 0 Å². The van der Waals surface area contributed by atoms with E-state index in [9.17, 15) is 9.59 Å². The molecule has 0 aliphatic carbocycles. The highest BCUT2D eigenvalue weighted by Gasteiger charge is 2.31. The van der Waals surface area contributed by atoms with Crippen LogP contribution in [0, 0.1) is 0 Å². The average molecular weight is 516 g/mol. The summed E-state index contributed by atoms with van der Waals surface area (Å²) in [4.78, 5) is 31.6. The highest BCUT2D eigenvalue weighted by Crippen LogP contribution is 2.28. The molecule has 1 amide bonds. The second-order valence-corrected chi connectivity index (χ2v) is 10.8. The fraction of sp³-hybridized carbons (Fsp3) is 0.367. The van der Waals surface area contributed by atoms with Crippen molar-refractivity contribution in [2.45, 2.75) is 65.1 Å². The minimum Gasteiger partial charge on any atom is -0.444 e. The maximum absolute atomic E-state index is 12.8. The minimum atomic E-state index is -0.531. The molecule has 1 aliphatic heterocycles. The Balaban J connectivity index is 1.44. The third-order valence-electron chi connectivity index (χ3n) is 6.58. The number of likely N-dealkylation sites (tertiary alicyclic amines) is 1. The van der Waals surface area contributed by atoms with E-state index < -0.39 is 5.60 Å². The second-order valence-electron chi connectivity index (χ2n) is 10.8. The molecule has 8 nitrogen and oxygen atoms in total. The van der Waals surface area contributed by atoms with Crippen LogP contribution >= 0.6 is 0 Å². The molecule has 1 fully saturated rings. The van der Waals surface area contributed by atoms with Crippen LogP contribution in [0.1, 0.15) is 63.8 Å². The number of piperidine rings is 1. The summed E-state index contributed by atoms with van der Waals surface area (Å²) in [5.41, 5.74) is 11.0. The largest absolute Gasteiger partial charge is 0.444 e. The molecule has 2 aromatic heterocycles. The number of rotatable bonds is 6. The van der Waals surface area contributed by atoms with Gasteiger partial charge in [-0.2, -0.15) is 0 Å². The molecule has 200 valence electrons. The Bertz CT molecular complexity index is 1430. The molecule has 1 unspecified atom stereocenters. The van der Waals surface area contributed by atoms with E-state index in [0.717, 1.165) is 36.0 Å². The van der Waals surface area contributed by atoms with E-state index in [1.54, 1.807) is 18.3 Å². The van der Waals surface area contributed by atoms with Crippen LogP contribution in [0.15, 0.2) is 65.6 Å². The van der Waals surface area contributed by atoms with Gasteiger partial charge in [-0.15, -0.1) is 0 Å². The number of carbonyl (C=O) groups is 1. The predicted octanol–water partition coefficient (Wildman–Crippen LogP) is 5.23. The summed E-state index contributed by atoms with van der Waals surface area (Å²) in [7, 11) is 0. The topological polar surface area (TPSA) is 102 Å². The van der Waals surface area contributed by atoms with Gasteiger partial charge in [-0.25, -0.2) is 9.78 Å². The Morgan fingerprint density at radius 2 is 2.03 bits per heavy atom. The fourth-order valence-corrected chi connectivity index (χ4v) is 4.66. The number of nitrogen functional groups attached to an aromatic ring is 1. The number of ether oxygens (including phenoxy) is 1. The quantitative estimate of drug-likeness (QED) is 0.436. The summed E-state index contributed by atoms with van der Waals surface area (Å²) < 4.78 is 7.14. The smallest absolute Gasteiger partial charge is 0.410 e. The predicted molar refractivity (Wildman–Crippen MR) is 152 cm³/mol. The summed E-state index contributed by atoms with van der Waals surface area (Å²) in [5, 5.41) is 3.25. The monoisotopic (exact) mass is 515 g/mol. The third-order valence-corrected chi connectivity index (χ3v) is 6.58. The molecule has 3 heterocycles. The van der Waals surface area contributed by atoms with Crippen molar-refractivity contribution in [3.63, 3.8) is 0 Å². The Hall–Kier alpha value is -4.07. The molecule has 0 saturated carbocycles. The molecule has 1 saturated heterocycles. The van der Waals surface area contributed by atoms with Gasteiger partial charge in [0.2, 0.25) is 0 Å². The van der Waals surface area contributed by atoms with Crippen LogP contribution in [0.5, 0.6) is 0 Å². The zero-order valence-electron chi connectivity index (χ0n) is 22.7. The first-order valence-corrected chi connectivity index (χ1v) is 13.0. The lowest BCUT2D eigenvalue weighted by Gasteiger charge is -2.37. The summed E-state index contributed by atoms with van der Waals surface area (Å²) >= 11 is 0. The number of benzene rings is 1. The molecule has 1 atom stereocenters. The number of fused-ring (bicyclic) bond motifs is 1. The standard InChI is InChI=1S/C30H37N5O3/c1-20(26-10-6-8-14-34(26)29(37)38-30(3,4)5)16-23-13-12-22(17-24(23)31)19-32-21(2)25-18-28(36)35-15-9-7-11-27(35)33-25/h7,9,11-13,15-18,26,32H,2,6,8,10,14,19,31H2,1,3-5H3/b20-16+. The molecule has 4 rings (SSSR count). The van der Waals surface area contributed by atoms with Gasteiger partial charge in [0.25, 0.3) is 5.56 Å². The maximum atomic E-state index is 12.8. The average Bonchev–Trinajstić information content (AvgIpc) is 2.87. The van der Waals surface area contributed by atoms with E-state index in [-0.39, 0.29) is 17.7 Å². The summed E-state index contributed by atoms with van der Waals surface area (Å²) in [6.45, 7) is 12.9. The van der Waals surface area contributed by atoms with E-state index in [0.29, 0.717) is 35.8 Å². The van der Waals surface area contributed by atoms with Crippen LogP contribution in [0.2, 0.25) is 0 Å².